The summed E-state index contributed by atoms with van der Waals surface area (Å²) in [7, 11) is 1.87. The van der Waals surface area contributed by atoms with E-state index in [1.54, 1.807) is 5.01 Å². The fourth-order valence-electron chi connectivity index (χ4n) is 4.24. The Kier molecular flexibility index (Phi) is 6.06. The van der Waals surface area contributed by atoms with Crippen molar-refractivity contribution in [3.63, 3.8) is 0 Å². The van der Waals surface area contributed by atoms with Crippen molar-refractivity contribution in [1.82, 2.24) is 20.6 Å². The van der Waals surface area contributed by atoms with Crippen molar-refractivity contribution in [1.29, 1.82) is 0 Å². The van der Waals surface area contributed by atoms with Crippen molar-refractivity contribution < 1.29 is 9.21 Å². The highest BCUT2D eigenvalue weighted by Gasteiger charge is 2.35. The van der Waals surface area contributed by atoms with E-state index < -0.39 is 6.04 Å². The summed E-state index contributed by atoms with van der Waals surface area (Å²) < 4.78 is 5.85. The Bertz CT molecular complexity index is 1400. The highest BCUT2D eigenvalue weighted by molar-refractivity contribution is 8.14. The first-order chi connectivity index (χ1) is 17.5. The standard InChI is InChI=1S/C25H24ClN7O2S/c1-33-13-36-25(32-33)30-22(34)20-18(12-14-10-11-14)27-23(29-21(20)15-6-2-3-7-16(15)26)31-24-28-17-8-4-5-9-19(17)35-24/h2-9,14,21H,10-13H2,1H3,(H,30,32,34)(H2,27,28,29,31). The fourth-order valence-corrected chi connectivity index (χ4v) is 5.21. The third kappa shape index (κ3) is 4.78. The number of halogens is 1. The van der Waals surface area contributed by atoms with Gasteiger partial charge in [-0.15, -0.1) is 0 Å². The van der Waals surface area contributed by atoms with Gasteiger partial charge in [0, 0.05) is 23.3 Å². The average molecular weight is 522 g/mol. The number of nitrogens with zero attached hydrogens (tertiary/aromatic N) is 4. The van der Waals surface area contributed by atoms with Gasteiger partial charge in [0.2, 0.25) is 5.96 Å². The molecule has 1 unspecified atom stereocenters. The molecule has 0 bridgehead atoms. The van der Waals surface area contributed by atoms with Gasteiger partial charge in [0.25, 0.3) is 5.91 Å². The molecule has 1 aromatic heterocycles. The Morgan fingerprint density at radius 2 is 2.03 bits per heavy atom. The van der Waals surface area contributed by atoms with E-state index in [-0.39, 0.29) is 5.91 Å². The van der Waals surface area contributed by atoms with Crippen LogP contribution in [-0.2, 0) is 4.79 Å². The number of carbonyl (C=O) groups is 1. The summed E-state index contributed by atoms with van der Waals surface area (Å²) in [5.41, 5.74) is 3.51. The molecule has 1 saturated carbocycles. The Hall–Kier alpha value is -3.50. The quantitative estimate of drug-likeness (QED) is 0.448. The number of nitrogens with one attached hydrogen (secondary N) is 3. The molecule has 36 heavy (non-hydrogen) atoms. The molecule has 1 amide bonds. The Morgan fingerprint density at radius 1 is 1.22 bits per heavy atom. The van der Waals surface area contributed by atoms with Gasteiger partial charge in [-0.05, 0) is 43.4 Å². The fraction of sp³-hybridized carbons (Fsp3) is 0.280. The van der Waals surface area contributed by atoms with E-state index in [2.05, 4.69) is 26.0 Å². The Labute approximate surface area is 217 Å². The third-order valence-corrected chi connectivity index (χ3v) is 7.45. The van der Waals surface area contributed by atoms with E-state index in [1.807, 2.05) is 55.6 Å². The van der Waals surface area contributed by atoms with E-state index in [1.165, 1.54) is 11.8 Å². The summed E-state index contributed by atoms with van der Waals surface area (Å²) in [5, 5.41) is 16.8. The van der Waals surface area contributed by atoms with Crippen LogP contribution in [0, 0.1) is 5.92 Å². The number of hydrazone groups is 1. The van der Waals surface area contributed by atoms with Crippen LogP contribution in [0.5, 0.6) is 0 Å². The van der Waals surface area contributed by atoms with Gasteiger partial charge in [0.1, 0.15) is 11.6 Å². The van der Waals surface area contributed by atoms with Gasteiger partial charge in [-0.2, -0.15) is 10.1 Å². The Balaban J connectivity index is 1.38. The van der Waals surface area contributed by atoms with Crippen molar-refractivity contribution in [3.05, 3.63) is 70.4 Å². The largest absolute Gasteiger partial charge is 0.423 e. The minimum absolute atomic E-state index is 0.241. The van der Waals surface area contributed by atoms with Crippen LogP contribution in [0.15, 0.2) is 74.3 Å². The number of benzene rings is 2. The smallest absolute Gasteiger partial charge is 0.302 e. The van der Waals surface area contributed by atoms with Crippen LogP contribution in [0.4, 0.5) is 6.01 Å². The maximum atomic E-state index is 13.7. The lowest BCUT2D eigenvalue weighted by Crippen LogP contribution is -2.41. The maximum Gasteiger partial charge on any atom is 0.302 e. The lowest BCUT2D eigenvalue weighted by atomic mass is 9.93. The molecule has 3 aliphatic rings. The number of thioether (sulfide) groups is 1. The normalized spacial score (nSPS) is 19.7. The lowest BCUT2D eigenvalue weighted by Gasteiger charge is -2.28. The number of guanidine groups is 1. The molecule has 2 aliphatic heterocycles. The number of aromatic nitrogens is 1. The summed E-state index contributed by atoms with van der Waals surface area (Å²) >= 11 is 8.10. The third-order valence-electron chi connectivity index (χ3n) is 6.15. The number of amides is 1. The zero-order valence-electron chi connectivity index (χ0n) is 19.5. The summed E-state index contributed by atoms with van der Waals surface area (Å²) in [6.45, 7) is 0. The second kappa shape index (κ2) is 9.51. The number of allylic oxidation sites excluding steroid dienone is 1. The first-order valence-corrected chi connectivity index (χ1v) is 13.1. The van der Waals surface area contributed by atoms with Crippen molar-refractivity contribution in [2.75, 3.05) is 18.2 Å². The number of aliphatic imine (C=N–C) groups is 1. The van der Waals surface area contributed by atoms with Crippen molar-refractivity contribution in [3.8, 4) is 0 Å². The molecule has 3 heterocycles. The summed E-state index contributed by atoms with van der Waals surface area (Å²) in [4.78, 5) is 23.1. The number of oxazole rings is 1. The van der Waals surface area contributed by atoms with Crippen LogP contribution in [0.3, 0.4) is 0 Å². The number of hydrogen-bond acceptors (Lipinski definition) is 9. The van der Waals surface area contributed by atoms with Crippen LogP contribution in [-0.4, -0.2) is 40.0 Å². The van der Waals surface area contributed by atoms with Crippen LogP contribution >= 0.6 is 23.4 Å². The first kappa shape index (κ1) is 22.9. The molecule has 11 heteroatoms. The average Bonchev–Trinajstić information content (AvgIpc) is 3.43. The van der Waals surface area contributed by atoms with E-state index in [0.717, 1.165) is 36.0 Å². The zero-order valence-corrected chi connectivity index (χ0v) is 21.1. The highest BCUT2D eigenvalue weighted by Crippen LogP contribution is 2.40. The molecule has 1 fully saturated rings. The van der Waals surface area contributed by atoms with Gasteiger partial charge >= 0.3 is 6.01 Å². The lowest BCUT2D eigenvalue weighted by molar-refractivity contribution is -0.116. The van der Waals surface area contributed by atoms with Crippen LogP contribution in [0.2, 0.25) is 5.02 Å². The zero-order chi connectivity index (χ0) is 24.6. The van der Waals surface area contributed by atoms with E-state index >= 15 is 0 Å². The molecule has 2 aromatic carbocycles. The van der Waals surface area contributed by atoms with Gasteiger partial charge in [-0.25, -0.2) is 4.99 Å². The van der Waals surface area contributed by atoms with Crippen molar-refractivity contribution in [2.24, 2.45) is 16.0 Å². The maximum absolute atomic E-state index is 13.7. The van der Waals surface area contributed by atoms with Gasteiger partial charge in [-0.1, -0.05) is 53.7 Å². The molecule has 0 spiro atoms. The molecule has 3 aromatic rings. The van der Waals surface area contributed by atoms with E-state index in [4.69, 9.17) is 21.0 Å². The minimum Gasteiger partial charge on any atom is -0.423 e. The Morgan fingerprint density at radius 3 is 2.78 bits per heavy atom. The van der Waals surface area contributed by atoms with Crippen molar-refractivity contribution in [2.45, 2.75) is 25.3 Å². The molecular weight excluding hydrogens is 498 g/mol. The molecule has 1 atom stereocenters. The van der Waals surface area contributed by atoms with Crippen LogP contribution in [0.25, 0.3) is 11.1 Å². The number of para-hydroxylation sites is 2. The van der Waals surface area contributed by atoms with Gasteiger partial charge < -0.3 is 9.73 Å². The van der Waals surface area contributed by atoms with E-state index in [0.29, 0.717) is 45.1 Å². The second-order valence-corrected chi connectivity index (χ2v) is 10.3. The van der Waals surface area contributed by atoms with Crippen LogP contribution < -0.4 is 16.0 Å². The number of anilines is 1. The first-order valence-electron chi connectivity index (χ1n) is 11.7. The highest BCUT2D eigenvalue weighted by atomic mass is 35.5. The molecule has 1 aliphatic carbocycles. The summed E-state index contributed by atoms with van der Waals surface area (Å²) in [6, 6.07) is 14.7. The second-order valence-electron chi connectivity index (χ2n) is 8.97. The monoisotopic (exact) mass is 521 g/mol. The SMILES string of the molecule is CN1CSC(NC(=O)C2=C(CC3CC3)NC(Nc3nc4ccccc4o3)=NC2c2ccccc2Cl)=N1. The predicted octanol–water partition coefficient (Wildman–Crippen LogP) is 4.67. The molecular formula is C25H24ClN7O2S. The number of fused-ring (bicyclic) bond motifs is 1. The number of carbonyl (C=O) groups excluding carboxylic acids is 1. The predicted molar refractivity (Wildman–Crippen MR) is 143 cm³/mol. The summed E-state index contributed by atoms with van der Waals surface area (Å²) in [6.07, 6.45) is 3.00. The minimum atomic E-state index is -0.620. The molecule has 6 rings (SSSR count). The number of amidine groups is 1. The number of rotatable bonds is 5. The molecule has 0 radical (unpaired) electrons. The molecule has 0 saturated heterocycles. The number of hydrogen-bond donors (Lipinski definition) is 3. The van der Waals surface area contributed by atoms with Gasteiger partial charge in [-0.3, -0.25) is 20.4 Å². The molecule has 3 N–H and O–H groups in total. The topological polar surface area (TPSA) is 107 Å². The van der Waals surface area contributed by atoms with Gasteiger partial charge in [0.15, 0.2) is 10.8 Å². The molecule has 184 valence electrons. The summed E-state index contributed by atoms with van der Waals surface area (Å²) in [5.74, 6) is 1.42. The van der Waals surface area contributed by atoms with Crippen molar-refractivity contribution >= 4 is 57.5 Å². The van der Waals surface area contributed by atoms with E-state index in [9.17, 15) is 4.79 Å². The van der Waals surface area contributed by atoms with Gasteiger partial charge in [0.05, 0.1) is 11.4 Å². The molecule has 9 nitrogen and oxygen atoms in total. The van der Waals surface area contributed by atoms with Crippen LogP contribution in [0.1, 0.15) is 30.9 Å².